The van der Waals surface area contributed by atoms with E-state index in [0.717, 1.165) is 5.69 Å². The number of thiophene rings is 1. The normalized spacial score (nSPS) is 11.2. The van der Waals surface area contributed by atoms with Gasteiger partial charge in [-0.15, -0.1) is 11.3 Å². The van der Waals surface area contributed by atoms with E-state index in [2.05, 4.69) is 11.4 Å². The van der Waals surface area contributed by atoms with Crippen LogP contribution < -0.4 is 10.9 Å². The Kier molecular flexibility index (Phi) is 4.57. The van der Waals surface area contributed by atoms with E-state index in [0.29, 0.717) is 48.6 Å². The highest BCUT2D eigenvalue weighted by molar-refractivity contribution is 7.24. The molecule has 1 N–H and O–H groups in total. The Bertz CT molecular complexity index is 1820. The quantitative estimate of drug-likeness (QED) is 0.332. The standard InChI is InChI=1S/C26H14FN5OS/c27-16-11-9-15(10-12-16)21-20-23(30-19-8-4-5-13-32(19)26(20)33)24-22(31-21)18(14-28)25(34-24)29-17-6-2-1-3-7-17/h1-13,29H. The van der Waals surface area contributed by atoms with Crippen LogP contribution in [0, 0.1) is 17.1 Å². The molecule has 0 radical (unpaired) electrons. The molecule has 8 heteroatoms. The molecule has 0 saturated carbocycles. The van der Waals surface area contributed by atoms with Crippen molar-refractivity contribution >= 4 is 48.8 Å². The smallest absolute Gasteiger partial charge is 0.268 e. The van der Waals surface area contributed by atoms with Crippen molar-refractivity contribution in [3.8, 4) is 17.3 Å². The van der Waals surface area contributed by atoms with Crippen LogP contribution >= 0.6 is 11.3 Å². The summed E-state index contributed by atoms with van der Waals surface area (Å²) in [5, 5.41) is 14.2. The van der Waals surface area contributed by atoms with Crippen LogP contribution in [0.3, 0.4) is 0 Å². The Balaban J connectivity index is 1.75. The van der Waals surface area contributed by atoms with Gasteiger partial charge in [0.1, 0.15) is 33.6 Å². The second-order valence-electron chi connectivity index (χ2n) is 7.62. The Hall–Kier alpha value is -4.61. The first-order valence-corrected chi connectivity index (χ1v) is 11.2. The van der Waals surface area contributed by atoms with Crippen molar-refractivity contribution in [3.63, 3.8) is 0 Å². The highest BCUT2D eigenvalue weighted by Gasteiger charge is 2.22. The molecular formula is C26H14FN5OS. The van der Waals surface area contributed by atoms with Crippen LogP contribution in [0.15, 0.2) is 83.8 Å². The number of aromatic nitrogens is 3. The molecule has 6 rings (SSSR count). The van der Waals surface area contributed by atoms with Gasteiger partial charge in [0.15, 0.2) is 0 Å². The number of nitrogens with one attached hydrogen (secondary N) is 1. The predicted octanol–water partition coefficient (Wildman–Crippen LogP) is 5.88. The summed E-state index contributed by atoms with van der Waals surface area (Å²) in [4.78, 5) is 23.1. The number of hydrogen-bond acceptors (Lipinski definition) is 6. The van der Waals surface area contributed by atoms with Gasteiger partial charge < -0.3 is 5.32 Å². The van der Waals surface area contributed by atoms with Gasteiger partial charge in [-0.2, -0.15) is 5.26 Å². The second kappa shape index (κ2) is 7.76. The van der Waals surface area contributed by atoms with E-state index in [1.165, 1.54) is 27.9 Å². The zero-order valence-electron chi connectivity index (χ0n) is 17.5. The molecule has 162 valence electrons. The lowest BCUT2D eigenvalue weighted by Crippen LogP contribution is -2.16. The summed E-state index contributed by atoms with van der Waals surface area (Å²) < 4.78 is 15.7. The molecule has 0 amide bonds. The maximum Gasteiger partial charge on any atom is 0.268 e. The molecular weight excluding hydrogens is 449 g/mol. The first-order valence-electron chi connectivity index (χ1n) is 10.4. The third kappa shape index (κ3) is 3.10. The van der Waals surface area contributed by atoms with Crippen LogP contribution in [-0.4, -0.2) is 14.4 Å². The summed E-state index contributed by atoms with van der Waals surface area (Å²) in [5.41, 5.74) is 3.24. The van der Waals surface area contributed by atoms with Crippen LogP contribution in [-0.2, 0) is 0 Å². The molecule has 4 heterocycles. The fourth-order valence-corrected chi connectivity index (χ4v) is 5.09. The topological polar surface area (TPSA) is 83.1 Å². The summed E-state index contributed by atoms with van der Waals surface area (Å²) >= 11 is 1.33. The molecule has 0 saturated heterocycles. The van der Waals surface area contributed by atoms with Gasteiger partial charge in [0.25, 0.3) is 5.56 Å². The lowest BCUT2D eigenvalue weighted by atomic mass is 10.1. The second-order valence-corrected chi connectivity index (χ2v) is 8.64. The summed E-state index contributed by atoms with van der Waals surface area (Å²) in [6.07, 6.45) is 1.65. The fourth-order valence-electron chi connectivity index (χ4n) is 3.99. The summed E-state index contributed by atoms with van der Waals surface area (Å²) in [5.74, 6) is -0.392. The Labute approximate surface area is 196 Å². The number of halogens is 1. The highest BCUT2D eigenvalue weighted by Crippen LogP contribution is 2.41. The third-order valence-corrected chi connectivity index (χ3v) is 6.65. The lowest BCUT2D eigenvalue weighted by molar-refractivity contribution is 0.628. The van der Waals surface area contributed by atoms with Gasteiger partial charge in [-0.05, 0) is 48.5 Å². The molecule has 6 nitrogen and oxygen atoms in total. The predicted molar refractivity (Wildman–Crippen MR) is 132 cm³/mol. The number of fused-ring (bicyclic) bond motifs is 4. The lowest BCUT2D eigenvalue weighted by Gasteiger charge is -2.09. The minimum absolute atomic E-state index is 0.279. The minimum Gasteiger partial charge on any atom is -0.346 e. The van der Waals surface area contributed by atoms with Crippen LogP contribution in [0.5, 0.6) is 0 Å². The number of nitriles is 1. The molecule has 6 aromatic rings. The van der Waals surface area contributed by atoms with E-state index >= 15 is 0 Å². The number of benzene rings is 2. The highest BCUT2D eigenvalue weighted by atomic mass is 32.1. The van der Waals surface area contributed by atoms with Gasteiger partial charge in [-0.25, -0.2) is 14.4 Å². The molecule has 0 spiro atoms. The van der Waals surface area contributed by atoms with Crippen molar-refractivity contribution in [3.05, 3.63) is 101 Å². The molecule has 2 aromatic carbocycles. The Morgan fingerprint density at radius 1 is 0.941 bits per heavy atom. The molecule has 34 heavy (non-hydrogen) atoms. The van der Waals surface area contributed by atoms with E-state index in [-0.39, 0.29) is 5.56 Å². The molecule has 0 aliphatic carbocycles. The molecule has 0 unspecified atom stereocenters. The molecule has 0 fully saturated rings. The maximum atomic E-state index is 13.6. The number of rotatable bonds is 3. The first kappa shape index (κ1) is 20.0. The molecule has 0 aliphatic heterocycles. The van der Waals surface area contributed by atoms with E-state index < -0.39 is 5.82 Å². The fraction of sp³-hybridized carbons (Fsp3) is 0. The number of pyridine rings is 2. The number of nitrogens with zero attached hydrogens (tertiary/aromatic N) is 4. The molecule has 0 atom stereocenters. The van der Waals surface area contributed by atoms with Gasteiger partial charge in [-0.3, -0.25) is 9.20 Å². The zero-order valence-corrected chi connectivity index (χ0v) is 18.3. The average molecular weight is 463 g/mol. The van der Waals surface area contributed by atoms with Crippen LogP contribution in [0.1, 0.15) is 5.56 Å². The SMILES string of the molecule is N#Cc1c(Nc2ccccc2)sc2c1nc(-c1ccc(F)cc1)c1c(=O)n3ccccc3nc12. The van der Waals surface area contributed by atoms with Crippen molar-refractivity contribution in [2.45, 2.75) is 0 Å². The van der Waals surface area contributed by atoms with E-state index in [4.69, 9.17) is 9.97 Å². The van der Waals surface area contributed by atoms with Gasteiger partial charge in [0.05, 0.1) is 21.3 Å². The van der Waals surface area contributed by atoms with E-state index in [1.54, 1.807) is 30.5 Å². The third-order valence-electron chi connectivity index (χ3n) is 5.55. The number of para-hydroxylation sites is 1. The minimum atomic E-state index is -0.392. The van der Waals surface area contributed by atoms with Gasteiger partial charge >= 0.3 is 0 Å². The summed E-state index contributed by atoms with van der Waals surface area (Å²) in [6, 6.07) is 22.9. The van der Waals surface area contributed by atoms with Gasteiger partial charge in [0.2, 0.25) is 0 Å². The number of anilines is 2. The monoisotopic (exact) mass is 463 g/mol. The van der Waals surface area contributed by atoms with Crippen molar-refractivity contribution in [1.82, 2.24) is 14.4 Å². The first-order chi connectivity index (χ1) is 16.6. The van der Waals surface area contributed by atoms with Crippen LogP contribution in [0.25, 0.3) is 38.0 Å². The molecule has 0 aliphatic rings. The van der Waals surface area contributed by atoms with Gasteiger partial charge in [0, 0.05) is 17.4 Å². The zero-order chi connectivity index (χ0) is 23.2. The summed E-state index contributed by atoms with van der Waals surface area (Å²) in [7, 11) is 0. The van der Waals surface area contributed by atoms with Crippen molar-refractivity contribution in [1.29, 1.82) is 5.26 Å². The Morgan fingerprint density at radius 3 is 2.47 bits per heavy atom. The van der Waals surface area contributed by atoms with E-state index in [9.17, 15) is 14.4 Å². The largest absolute Gasteiger partial charge is 0.346 e. The van der Waals surface area contributed by atoms with E-state index in [1.807, 2.05) is 36.4 Å². The van der Waals surface area contributed by atoms with Gasteiger partial charge in [-0.1, -0.05) is 24.3 Å². The van der Waals surface area contributed by atoms with Crippen LogP contribution in [0.4, 0.5) is 15.1 Å². The molecule has 0 bridgehead atoms. The summed E-state index contributed by atoms with van der Waals surface area (Å²) in [6.45, 7) is 0. The van der Waals surface area contributed by atoms with Crippen molar-refractivity contribution < 1.29 is 4.39 Å². The maximum absolute atomic E-state index is 13.6. The average Bonchev–Trinajstić information content (AvgIpc) is 3.22. The van der Waals surface area contributed by atoms with Crippen molar-refractivity contribution in [2.24, 2.45) is 0 Å². The Morgan fingerprint density at radius 2 is 1.71 bits per heavy atom. The van der Waals surface area contributed by atoms with Crippen molar-refractivity contribution in [2.75, 3.05) is 5.32 Å². The van der Waals surface area contributed by atoms with Crippen LogP contribution in [0.2, 0.25) is 0 Å². The molecule has 4 aromatic heterocycles. The number of hydrogen-bond donors (Lipinski definition) is 1.